The number of ketones is 3. The largest absolute Gasteiger partial charge is 0.508 e. The number of nitrogens with one attached hydrogen (secondary N) is 2. The Hall–Kier alpha value is -9.00. The van der Waals surface area contributed by atoms with Gasteiger partial charge >= 0.3 is 29.8 Å². The smallest absolute Gasteiger partial charge is 0.308 e. The van der Waals surface area contributed by atoms with Crippen molar-refractivity contribution in [3.05, 3.63) is 177 Å². The summed E-state index contributed by atoms with van der Waals surface area (Å²) in [4.78, 5) is 91.9. The lowest BCUT2D eigenvalue weighted by Crippen LogP contribution is -2.59. The molecule has 96 heavy (non-hydrogen) atoms. The molecule has 518 valence electrons. The van der Waals surface area contributed by atoms with Gasteiger partial charge < -0.3 is 49.6 Å². The van der Waals surface area contributed by atoms with Crippen molar-refractivity contribution in [3.63, 3.8) is 0 Å². The molecule has 0 radical (unpaired) electrons. The van der Waals surface area contributed by atoms with Crippen molar-refractivity contribution in [2.75, 3.05) is 6.61 Å². The number of piperidine rings is 2. The van der Waals surface area contributed by atoms with Crippen LogP contribution in [0.15, 0.2) is 121 Å². The highest BCUT2D eigenvalue weighted by atomic mass is 16.6. The first-order valence-electron chi connectivity index (χ1n) is 32.0. The molecule has 2 aliphatic rings. The summed E-state index contributed by atoms with van der Waals surface area (Å²) in [5, 5.41) is 36.9. The number of aryl methyl sites for hydroxylation is 2. The van der Waals surface area contributed by atoms with Crippen molar-refractivity contribution in [3.8, 4) is 34.5 Å². The van der Waals surface area contributed by atoms with E-state index in [-0.39, 0.29) is 85.6 Å². The number of aromatic hydroxyl groups is 3. The van der Waals surface area contributed by atoms with Crippen LogP contribution in [-0.4, -0.2) is 97.4 Å². The van der Waals surface area contributed by atoms with E-state index in [9.17, 15) is 48.6 Å². The van der Waals surface area contributed by atoms with Gasteiger partial charge in [-0.3, -0.25) is 38.4 Å². The van der Waals surface area contributed by atoms with Gasteiger partial charge in [-0.05, 0) is 231 Å². The topological polar surface area (TPSA) is 267 Å². The quantitative estimate of drug-likeness (QED) is 0.0433. The third-order valence-electron chi connectivity index (χ3n) is 15.3. The summed E-state index contributed by atoms with van der Waals surface area (Å²) in [5.74, 6) is 0.226. The van der Waals surface area contributed by atoms with Gasteiger partial charge in [0.2, 0.25) is 0 Å². The minimum absolute atomic E-state index is 0.0435. The molecule has 0 aromatic heterocycles. The molecule has 6 aromatic carbocycles. The number of phenols is 3. The first-order valence-corrected chi connectivity index (χ1v) is 32.0. The summed E-state index contributed by atoms with van der Waals surface area (Å²) in [6.07, 6.45) is 3.94. The van der Waals surface area contributed by atoms with Gasteiger partial charge in [0.15, 0.2) is 17.3 Å². The Bertz CT molecular complexity index is 3630. The number of esters is 5. The van der Waals surface area contributed by atoms with Crippen LogP contribution in [0.25, 0.3) is 0 Å². The highest BCUT2D eigenvalue weighted by molar-refractivity contribution is 6.10. The van der Waals surface area contributed by atoms with E-state index in [0.29, 0.717) is 74.3 Å². The Morgan fingerprint density at radius 2 is 0.698 bits per heavy atom. The molecular formula is C78H100N2O16. The first kappa shape index (κ1) is 79.4. The van der Waals surface area contributed by atoms with E-state index in [0.717, 1.165) is 36.8 Å². The summed E-state index contributed by atoms with van der Waals surface area (Å²) in [5.41, 5.74) is 5.56. The van der Waals surface area contributed by atoms with Gasteiger partial charge in [-0.1, -0.05) is 41.5 Å². The Labute approximate surface area is 566 Å². The summed E-state index contributed by atoms with van der Waals surface area (Å²) in [6.45, 7) is 40.4. The third kappa shape index (κ3) is 26.0. The van der Waals surface area contributed by atoms with Gasteiger partial charge in [0, 0.05) is 114 Å². The zero-order valence-corrected chi connectivity index (χ0v) is 59.9. The van der Waals surface area contributed by atoms with E-state index in [4.69, 9.17) is 28.8 Å². The summed E-state index contributed by atoms with van der Waals surface area (Å²) in [6, 6.07) is 32.0. The zero-order valence-electron chi connectivity index (χ0n) is 59.9. The monoisotopic (exact) mass is 1320 g/mol. The molecule has 0 aliphatic carbocycles. The average Bonchev–Trinajstić information content (AvgIpc) is 0.775. The van der Waals surface area contributed by atoms with E-state index >= 15 is 0 Å². The molecule has 0 unspecified atom stereocenters. The Morgan fingerprint density at radius 3 is 0.990 bits per heavy atom. The molecular weight excluding hydrogens is 1220 g/mol. The van der Waals surface area contributed by atoms with Crippen molar-refractivity contribution < 1.29 is 77.4 Å². The predicted octanol–water partition coefficient (Wildman–Crippen LogP) is 14.8. The molecule has 18 nitrogen and oxygen atoms in total. The molecule has 0 saturated carbocycles. The molecule has 2 aliphatic heterocycles. The van der Waals surface area contributed by atoms with E-state index in [1.54, 1.807) is 123 Å². The SMILES string of the molecule is CC(=O)OC1CC(C)(C)NC(C)(C)C1.CC(=O)OCC1CC(C)(C)NC(C)(C)C1.CC(=O)Oc1ccc(C(=O)c2cc(C(C)(C)C)c(O)c(C(C)(C)C)c2)cc1.CC(=O)Oc1ccc(C(=O)c2cc(C)c(O)c(C)c2)cc1.CC(=O)Oc1ccc(C(=O)c2ccc(O)cc2)cc1. The van der Waals surface area contributed by atoms with Gasteiger partial charge in [-0.25, -0.2) is 0 Å². The normalized spacial score (nSPS) is 15.2. The number of hydrogen-bond donors (Lipinski definition) is 5. The molecule has 2 heterocycles. The van der Waals surface area contributed by atoms with Crippen molar-refractivity contribution in [1.29, 1.82) is 0 Å². The van der Waals surface area contributed by atoms with Gasteiger partial charge in [0.05, 0.1) is 6.61 Å². The Kier molecular flexibility index (Phi) is 27.4. The fourth-order valence-corrected chi connectivity index (χ4v) is 12.1. The Balaban J connectivity index is 0.000000260. The van der Waals surface area contributed by atoms with E-state index in [1.165, 1.54) is 46.8 Å². The number of benzene rings is 6. The number of carbonyl (C=O) groups is 8. The lowest BCUT2D eigenvalue weighted by Gasteiger charge is -2.46. The zero-order chi connectivity index (χ0) is 72.6. The van der Waals surface area contributed by atoms with Crippen LogP contribution in [0.3, 0.4) is 0 Å². The lowest BCUT2D eigenvalue weighted by molar-refractivity contribution is -0.150. The average molecular weight is 1320 g/mol. The molecule has 2 fully saturated rings. The van der Waals surface area contributed by atoms with Crippen molar-refractivity contribution in [2.45, 2.75) is 210 Å². The number of hydrogen-bond acceptors (Lipinski definition) is 18. The molecule has 6 aromatic rings. The van der Waals surface area contributed by atoms with Crippen LogP contribution in [0.2, 0.25) is 0 Å². The van der Waals surface area contributed by atoms with Crippen molar-refractivity contribution in [1.82, 2.24) is 10.6 Å². The maximum Gasteiger partial charge on any atom is 0.308 e. The molecule has 5 N–H and O–H groups in total. The number of phenolic OH excluding ortho intramolecular Hbond substituents is 3. The van der Waals surface area contributed by atoms with E-state index in [1.807, 2.05) is 41.5 Å². The van der Waals surface area contributed by atoms with Crippen LogP contribution >= 0.6 is 0 Å². The number of ether oxygens (including phenoxy) is 5. The molecule has 2 saturated heterocycles. The maximum atomic E-state index is 13.1. The minimum atomic E-state index is -0.405. The van der Waals surface area contributed by atoms with Crippen LogP contribution in [-0.2, 0) is 44.3 Å². The fourth-order valence-electron chi connectivity index (χ4n) is 12.1. The molecule has 8 rings (SSSR count). The predicted molar refractivity (Wildman–Crippen MR) is 371 cm³/mol. The second-order valence-electron chi connectivity index (χ2n) is 29.3. The molecule has 0 atom stereocenters. The van der Waals surface area contributed by atoms with Crippen LogP contribution in [0.5, 0.6) is 34.5 Å². The third-order valence-corrected chi connectivity index (χ3v) is 15.3. The number of rotatable bonds is 12. The maximum absolute atomic E-state index is 13.1. The minimum Gasteiger partial charge on any atom is -0.508 e. The van der Waals surface area contributed by atoms with Crippen molar-refractivity contribution in [2.24, 2.45) is 5.92 Å². The summed E-state index contributed by atoms with van der Waals surface area (Å²) >= 11 is 0. The Morgan fingerprint density at radius 1 is 0.406 bits per heavy atom. The van der Waals surface area contributed by atoms with Gasteiger partial charge in [-0.15, -0.1) is 0 Å². The lowest BCUT2D eigenvalue weighted by atomic mass is 9.76. The van der Waals surface area contributed by atoms with Crippen LogP contribution in [0.4, 0.5) is 0 Å². The van der Waals surface area contributed by atoms with Crippen molar-refractivity contribution >= 4 is 47.2 Å². The number of carbonyl (C=O) groups excluding carboxylic acids is 8. The molecule has 0 amide bonds. The molecule has 0 spiro atoms. The van der Waals surface area contributed by atoms with Gasteiger partial charge in [0.25, 0.3) is 0 Å². The van der Waals surface area contributed by atoms with E-state index < -0.39 is 17.9 Å². The summed E-state index contributed by atoms with van der Waals surface area (Å²) < 4.78 is 25.2. The first-order chi connectivity index (χ1) is 44.1. The second-order valence-corrected chi connectivity index (χ2v) is 29.3. The van der Waals surface area contributed by atoms with Gasteiger partial charge in [0.1, 0.15) is 40.6 Å². The van der Waals surface area contributed by atoms with Crippen LogP contribution in [0.1, 0.15) is 227 Å². The summed E-state index contributed by atoms with van der Waals surface area (Å²) in [7, 11) is 0. The van der Waals surface area contributed by atoms with Gasteiger partial charge in [-0.2, -0.15) is 0 Å². The highest BCUT2D eigenvalue weighted by Gasteiger charge is 2.40. The standard InChI is InChI=1S/C23H28O4.C17H16O4.C15H12O4.C12H23NO2.C11H21NO2/c1-14(24)27-17-10-8-15(9-11-17)20(25)16-12-18(22(2,3)4)21(26)19(13-16)23(5,6)7;1-10-8-14(9-11(2)16(10)19)17(20)13-4-6-15(7-5-13)21-12(3)18;1-10(16)19-14-8-4-12(5-9-14)15(18)11-2-6-13(17)7-3-11;1-9(14)15-8-10-6-11(2,3)13-12(4,5)7-10;1-8(13)14-9-6-10(2,3)12-11(4,5)7-9/h8-13,26H,1-7H3;4-9,19H,1-3H3;2-9,17H,1H3;10,13H,6-8H2,1-5H3;9,12H,6-7H2,1-5H3. The fraction of sp³-hybridized carbons (Fsp3) is 0.436. The van der Waals surface area contributed by atoms with E-state index in [2.05, 4.69) is 66.0 Å². The molecule has 0 bridgehead atoms. The highest BCUT2D eigenvalue weighted by Crippen LogP contribution is 2.41. The second kappa shape index (κ2) is 33.1. The van der Waals surface area contributed by atoms with Crippen LogP contribution < -0.4 is 24.8 Å². The van der Waals surface area contributed by atoms with Crippen LogP contribution in [0, 0.1) is 19.8 Å². The molecule has 18 heteroatoms.